The monoisotopic (exact) mass is 628 g/mol. The van der Waals surface area contributed by atoms with Gasteiger partial charge in [-0.05, 0) is 86.9 Å². The van der Waals surface area contributed by atoms with Gasteiger partial charge >= 0.3 is 5.97 Å². The lowest BCUT2D eigenvalue weighted by Crippen LogP contribution is -2.39. The van der Waals surface area contributed by atoms with E-state index in [0.717, 1.165) is 22.4 Å². The van der Waals surface area contributed by atoms with E-state index in [1.54, 1.807) is 43.7 Å². The van der Waals surface area contributed by atoms with E-state index in [1.165, 1.54) is 11.3 Å². The molecule has 45 heavy (non-hydrogen) atoms. The standard InChI is InChI=1S/C35H36N2O7S/c1-6-41-29-20-24(11-16-28(29)44-18-17-43-27-10-8-9-22(3)19-27)21-30-33(38)37-32(25-12-14-26(40-5)15-13-25)31(34(39)42-7-2)23(4)36-35(37)45-30/h8-16,19-21,32H,6-7,17-18H2,1-5H3/b30-21+/t32-/m1/s1. The summed E-state index contributed by atoms with van der Waals surface area (Å²) in [6.45, 7) is 8.79. The van der Waals surface area contributed by atoms with Crippen molar-refractivity contribution in [3.8, 4) is 23.0 Å². The number of fused-ring (bicyclic) bond motifs is 1. The third-order valence-corrected chi connectivity index (χ3v) is 8.10. The lowest BCUT2D eigenvalue weighted by atomic mass is 9.96. The summed E-state index contributed by atoms with van der Waals surface area (Å²) >= 11 is 1.26. The van der Waals surface area contributed by atoms with Crippen molar-refractivity contribution in [3.05, 3.63) is 114 Å². The van der Waals surface area contributed by atoms with Gasteiger partial charge in [-0.1, -0.05) is 41.7 Å². The van der Waals surface area contributed by atoms with Gasteiger partial charge in [0.2, 0.25) is 0 Å². The maximum Gasteiger partial charge on any atom is 0.338 e. The number of carbonyl (C=O) groups is 1. The van der Waals surface area contributed by atoms with Crippen LogP contribution in [-0.4, -0.2) is 44.1 Å². The fraction of sp³-hybridized carbons (Fsp3) is 0.286. The molecular weight excluding hydrogens is 592 g/mol. The summed E-state index contributed by atoms with van der Waals surface area (Å²) < 4.78 is 30.4. The summed E-state index contributed by atoms with van der Waals surface area (Å²) in [7, 11) is 1.59. The number of benzene rings is 3. The number of rotatable bonds is 12. The molecule has 0 spiro atoms. The zero-order chi connectivity index (χ0) is 31.9. The van der Waals surface area contributed by atoms with Gasteiger partial charge < -0.3 is 23.7 Å². The average Bonchev–Trinajstić information content (AvgIpc) is 3.33. The largest absolute Gasteiger partial charge is 0.497 e. The lowest BCUT2D eigenvalue weighted by Gasteiger charge is -2.24. The molecule has 234 valence electrons. The van der Waals surface area contributed by atoms with Gasteiger partial charge in [-0.15, -0.1) is 0 Å². The van der Waals surface area contributed by atoms with Crippen LogP contribution in [0.3, 0.4) is 0 Å². The first-order valence-corrected chi connectivity index (χ1v) is 15.6. The van der Waals surface area contributed by atoms with Gasteiger partial charge in [0.05, 0.1) is 42.2 Å². The van der Waals surface area contributed by atoms with Gasteiger partial charge in [0.1, 0.15) is 24.7 Å². The Morgan fingerprint density at radius 1 is 0.911 bits per heavy atom. The van der Waals surface area contributed by atoms with Crippen LogP contribution >= 0.6 is 11.3 Å². The molecule has 0 unspecified atom stereocenters. The highest BCUT2D eigenvalue weighted by atomic mass is 32.1. The Morgan fingerprint density at radius 2 is 1.69 bits per heavy atom. The lowest BCUT2D eigenvalue weighted by molar-refractivity contribution is -0.139. The molecule has 9 nitrogen and oxygen atoms in total. The third kappa shape index (κ3) is 7.12. The molecule has 0 saturated carbocycles. The molecule has 1 aliphatic heterocycles. The topological polar surface area (TPSA) is 97.6 Å². The van der Waals surface area contributed by atoms with Crippen molar-refractivity contribution >= 4 is 23.4 Å². The molecule has 3 aromatic carbocycles. The number of aromatic nitrogens is 1. The van der Waals surface area contributed by atoms with Crippen LogP contribution in [0.5, 0.6) is 23.0 Å². The van der Waals surface area contributed by atoms with Crippen LogP contribution in [0.15, 0.2) is 87.8 Å². The Kier molecular flexibility index (Phi) is 10.0. The van der Waals surface area contributed by atoms with Gasteiger partial charge in [-0.25, -0.2) is 9.79 Å². The molecular formula is C35H36N2O7S. The molecule has 0 aliphatic carbocycles. The first-order valence-electron chi connectivity index (χ1n) is 14.8. The van der Waals surface area contributed by atoms with Crippen LogP contribution in [0.4, 0.5) is 0 Å². The minimum Gasteiger partial charge on any atom is -0.497 e. The van der Waals surface area contributed by atoms with E-state index in [0.29, 0.717) is 57.7 Å². The number of nitrogens with zero attached hydrogens (tertiary/aromatic N) is 2. The number of aryl methyl sites for hydroxylation is 1. The zero-order valence-electron chi connectivity index (χ0n) is 26.0. The second-order valence-electron chi connectivity index (χ2n) is 10.2. The number of methoxy groups -OCH3 is 1. The molecule has 0 saturated heterocycles. The fourth-order valence-corrected chi connectivity index (χ4v) is 6.11. The maximum absolute atomic E-state index is 14.0. The third-order valence-electron chi connectivity index (χ3n) is 7.11. The van der Waals surface area contributed by atoms with E-state index < -0.39 is 12.0 Å². The van der Waals surface area contributed by atoms with Crippen LogP contribution in [0.1, 0.15) is 43.5 Å². The second-order valence-corrected chi connectivity index (χ2v) is 11.2. The first kappa shape index (κ1) is 31.6. The molecule has 0 amide bonds. The molecule has 10 heteroatoms. The molecule has 0 fully saturated rings. The number of ether oxygens (including phenoxy) is 5. The van der Waals surface area contributed by atoms with Crippen LogP contribution in [0.2, 0.25) is 0 Å². The Labute approximate surface area is 265 Å². The van der Waals surface area contributed by atoms with Crippen LogP contribution < -0.4 is 33.8 Å². The Balaban J connectivity index is 1.46. The number of thiazole rings is 1. The molecule has 2 heterocycles. The number of carbonyl (C=O) groups excluding carboxylic acids is 1. The Morgan fingerprint density at radius 3 is 2.40 bits per heavy atom. The summed E-state index contributed by atoms with van der Waals surface area (Å²) in [5.74, 6) is 2.10. The fourth-order valence-electron chi connectivity index (χ4n) is 5.06. The second kappa shape index (κ2) is 14.3. The minimum atomic E-state index is -0.704. The summed E-state index contributed by atoms with van der Waals surface area (Å²) in [6, 6.07) is 20.0. The maximum atomic E-state index is 14.0. The van der Waals surface area contributed by atoms with E-state index in [-0.39, 0.29) is 12.2 Å². The summed E-state index contributed by atoms with van der Waals surface area (Å²) in [5, 5.41) is 0. The Hall–Kier alpha value is -4.83. The van der Waals surface area contributed by atoms with E-state index in [1.807, 2.05) is 68.4 Å². The van der Waals surface area contributed by atoms with E-state index >= 15 is 0 Å². The van der Waals surface area contributed by atoms with Crippen LogP contribution in [0, 0.1) is 6.92 Å². The number of allylic oxidation sites excluding steroid dienone is 1. The smallest absolute Gasteiger partial charge is 0.338 e. The number of esters is 1. The quantitative estimate of drug-likeness (QED) is 0.161. The van der Waals surface area contributed by atoms with Crippen molar-refractivity contribution in [1.29, 1.82) is 0 Å². The number of hydrogen-bond acceptors (Lipinski definition) is 9. The SMILES string of the molecule is CCOC(=O)C1=C(C)N=c2s/c(=C/c3ccc(OCCOc4cccc(C)c4)c(OCC)c3)c(=O)n2[C@@H]1c1ccc(OC)cc1. The van der Waals surface area contributed by atoms with Crippen molar-refractivity contribution in [2.75, 3.05) is 33.5 Å². The summed E-state index contributed by atoms with van der Waals surface area (Å²) in [5.41, 5.74) is 3.20. The van der Waals surface area contributed by atoms with Crippen molar-refractivity contribution < 1.29 is 28.5 Å². The predicted molar refractivity (Wildman–Crippen MR) is 173 cm³/mol. The van der Waals surface area contributed by atoms with E-state index in [9.17, 15) is 9.59 Å². The normalized spacial score (nSPS) is 14.4. The van der Waals surface area contributed by atoms with Gasteiger partial charge in [0.25, 0.3) is 5.56 Å². The van der Waals surface area contributed by atoms with Crippen LogP contribution in [-0.2, 0) is 9.53 Å². The van der Waals surface area contributed by atoms with Crippen molar-refractivity contribution in [2.24, 2.45) is 4.99 Å². The zero-order valence-corrected chi connectivity index (χ0v) is 26.8. The van der Waals surface area contributed by atoms with Crippen molar-refractivity contribution in [3.63, 3.8) is 0 Å². The van der Waals surface area contributed by atoms with Gasteiger partial charge in [0.15, 0.2) is 16.3 Å². The van der Waals surface area contributed by atoms with Gasteiger partial charge in [-0.2, -0.15) is 0 Å². The molecule has 4 aromatic rings. The number of hydrogen-bond donors (Lipinski definition) is 0. The van der Waals surface area contributed by atoms with E-state index in [4.69, 9.17) is 23.7 Å². The molecule has 0 N–H and O–H groups in total. The van der Waals surface area contributed by atoms with Gasteiger partial charge in [0, 0.05) is 0 Å². The molecule has 1 aliphatic rings. The average molecular weight is 629 g/mol. The first-order chi connectivity index (χ1) is 21.8. The van der Waals surface area contributed by atoms with Gasteiger partial charge in [-0.3, -0.25) is 9.36 Å². The van der Waals surface area contributed by atoms with Crippen molar-refractivity contribution in [1.82, 2.24) is 4.57 Å². The molecule has 0 bridgehead atoms. The minimum absolute atomic E-state index is 0.205. The van der Waals surface area contributed by atoms with Crippen LogP contribution in [0.25, 0.3) is 6.08 Å². The Bertz CT molecular complexity index is 1890. The summed E-state index contributed by atoms with van der Waals surface area (Å²) in [4.78, 5) is 32.2. The molecule has 0 radical (unpaired) electrons. The highest BCUT2D eigenvalue weighted by molar-refractivity contribution is 7.07. The highest BCUT2D eigenvalue weighted by Crippen LogP contribution is 2.32. The highest BCUT2D eigenvalue weighted by Gasteiger charge is 2.33. The molecule has 1 atom stereocenters. The summed E-state index contributed by atoms with van der Waals surface area (Å²) in [6.07, 6.45) is 1.80. The predicted octanol–water partition coefficient (Wildman–Crippen LogP) is 4.97. The van der Waals surface area contributed by atoms with Crippen molar-refractivity contribution in [2.45, 2.75) is 33.7 Å². The van der Waals surface area contributed by atoms with E-state index in [2.05, 4.69) is 4.99 Å². The molecule has 1 aromatic heterocycles. The molecule has 5 rings (SSSR count).